The van der Waals surface area contributed by atoms with Crippen LogP contribution in [0.2, 0.25) is 0 Å². The Morgan fingerprint density at radius 2 is 1.82 bits per heavy atom. The first-order chi connectivity index (χ1) is 18.9. The normalized spacial score (nSPS) is 11.4. The molecule has 0 aliphatic heterocycles. The zero-order valence-electron chi connectivity index (χ0n) is 20.7. The molecular formula is C27H23F4N7O. The summed E-state index contributed by atoms with van der Waals surface area (Å²) in [7, 11) is 0. The van der Waals surface area contributed by atoms with E-state index >= 15 is 0 Å². The Hall–Kier alpha value is -4.58. The number of fused-ring (bicyclic) bond motifs is 1. The van der Waals surface area contributed by atoms with E-state index in [1.807, 2.05) is 0 Å². The summed E-state index contributed by atoms with van der Waals surface area (Å²) >= 11 is 0. The maximum Gasteiger partial charge on any atom is 0.280 e. The van der Waals surface area contributed by atoms with Crippen molar-refractivity contribution >= 4 is 22.4 Å². The zero-order chi connectivity index (χ0) is 27.5. The molecule has 2 aromatic carbocycles. The molecule has 0 aliphatic rings. The molecule has 5 rings (SSSR count). The molecule has 0 bridgehead atoms. The number of alkyl halides is 2. The molecule has 0 saturated carbocycles. The van der Waals surface area contributed by atoms with Crippen LogP contribution >= 0.6 is 0 Å². The van der Waals surface area contributed by atoms with Crippen molar-refractivity contribution in [3.63, 3.8) is 0 Å². The lowest BCUT2D eigenvalue weighted by atomic mass is 10.1. The predicted molar refractivity (Wildman–Crippen MR) is 138 cm³/mol. The zero-order valence-corrected chi connectivity index (χ0v) is 20.7. The second kappa shape index (κ2) is 11.0. The molecule has 200 valence electrons. The fourth-order valence-electron chi connectivity index (χ4n) is 4.10. The van der Waals surface area contributed by atoms with Crippen molar-refractivity contribution in [3.05, 3.63) is 89.4 Å². The fraction of sp³-hybridized carbons (Fsp3) is 0.185. The summed E-state index contributed by atoms with van der Waals surface area (Å²) < 4.78 is 62.6. The molecule has 0 amide bonds. The molecule has 0 fully saturated rings. The number of halogens is 4. The highest BCUT2D eigenvalue weighted by Crippen LogP contribution is 2.30. The van der Waals surface area contributed by atoms with Crippen LogP contribution in [0.1, 0.15) is 30.2 Å². The average molecular weight is 538 g/mol. The van der Waals surface area contributed by atoms with E-state index in [9.17, 15) is 17.6 Å². The fourth-order valence-corrected chi connectivity index (χ4v) is 4.10. The van der Waals surface area contributed by atoms with Crippen LogP contribution < -0.4 is 15.8 Å². The predicted octanol–water partition coefficient (Wildman–Crippen LogP) is 5.75. The van der Waals surface area contributed by atoms with Gasteiger partial charge < -0.3 is 15.8 Å². The minimum absolute atomic E-state index is 0.0842. The summed E-state index contributed by atoms with van der Waals surface area (Å²) in [5, 5.41) is 8.25. The quantitative estimate of drug-likeness (QED) is 0.231. The van der Waals surface area contributed by atoms with Gasteiger partial charge >= 0.3 is 0 Å². The molecule has 0 aliphatic carbocycles. The standard InChI is InChI=1S/C27H23F4N7O/c1-2-39-17-10-20(28)19(21(29)11-17)14-38-23-6-4-3-5-18(23)24(37-38)27-34-13-15(12-32)26(36-27)35-16-7-8-33-22(9-16)25(30)31/h3-11,13,25H,2,12,14,32H2,1H3,(H,33,34,35,36). The first-order valence-electron chi connectivity index (χ1n) is 12.0. The number of hydrogen-bond acceptors (Lipinski definition) is 7. The molecule has 0 spiro atoms. The maximum atomic E-state index is 14.8. The number of nitrogens with two attached hydrogens (primary N) is 1. The number of anilines is 2. The van der Waals surface area contributed by atoms with Crippen molar-refractivity contribution in [1.29, 1.82) is 0 Å². The monoisotopic (exact) mass is 537 g/mol. The molecule has 12 heteroatoms. The molecule has 3 aromatic heterocycles. The average Bonchev–Trinajstić information content (AvgIpc) is 3.29. The Kier molecular flexibility index (Phi) is 7.37. The van der Waals surface area contributed by atoms with E-state index in [2.05, 4.69) is 25.4 Å². The van der Waals surface area contributed by atoms with Crippen molar-refractivity contribution in [1.82, 2.24) is 24.7 Å². The van der Waals surface area contributed by atoms with Crippen molar-refractivity contribution in [3.8, 4) is 17.3 Å². The third-order valence-electron chi connectivity index (χ3n) is 5.96. The minimum atomic E-state index is -2.73. The van der Waals surface area contributed by atoms with Crippen molar-refractivity contribution in [2.24, 2.45) is 5.73 Å². The number of nitrogens with zero attached hydrogens (tertiary/aromatic N) is 5. The number of aromatic nitrogens is 5. The molecular weight excluding hydrogens is 514 g/mol. The van der Waals surface area contributed by atoms with Gasteiger partial charge in [0.1, 0.15) is 34.6 Å². The Bertz CT molecular complexity index is 1620. The van der Waals surface area contributed by atoms with Crippen LogP contribution in [0.5, 0.6) is 5.75 Å². The second-order valence-corrected chi connectivity index (χ2v) is 8.49. The number of benzene rings is 2. The molecule has 8 nitrogen and oxygen atoms in total. The molecule has 0 saturated heterocycles. The van der Waals surface area contributed by atoms with E-state index in [1.165, 1.54) is 29.2 Å². The smallest absolute Gasteiger partial charge is 0.280 e. The molecule has 3 N–H and O–H groups in total. The lowest BCUT2D eigenvalue weighted by Crippen LogP contribution is -2.08. The second-order valence-electron chi connectivity index (χ2n) is 8.49. The van der Waals surface area contributed by atoms with Crippen LogP contribution in [0, 0.1) is 11.6 Å². The van der Waals surface area contributed by atoms with Gasteiger partial charge in [0.15, 0.2) is 5.82 Å². The SMILES string of the molecule is CCOc1cc(F)c(Cn2nc(-c3ncc(CN)c(Nc4ccnc(C(F)F)c4)n3)c3ccccc32)c(F)c1. The maximum absolute atomic E-state index is 14.8. The lowest BCUT2D eigenvalue weighted by Gasteiger charge is -2.11. The largest absolute Gasteiger partial charge is 0.494 e. The van der Waals surface area contributed by atoms with Crippen LogP contribution in [0.4, 0.5) is 29.1 Å². The van der Waals surface area contributed by atoms with Gasteiger partial charge in [-0.05, 0) is 25.1 Å². The van der Waals surface area contributed by atoms with Gasteiger partial charge in [-0.2, -0.15) is 5.10 Å². The molecule has 0 unspecified atom stereocenters. The summed E-state index contributed by atoms with van der Waals surface area (Å²) in [5.41, 5.74) is 7.16. The van der Waals surface area contributed by atoms with Crippen LogP contribution in [-0.2, 0) is 13.1 Å². The number of rotatable bonds is 9. The van der Waals surface area contributed by atoms with Crippen LogP contribution in [0.15, 0.2) is 60.9 Å². The van der Waals surface area contributed by atoms with Gasteiger partial charge in [0.05, 0.1) is 18.7 Å². The van der Waals surface area contributed by atoms with Crippen molar-refractivity contribution in [2.75, 3.05) is 11.9 Å². The number of nitrogens with one attached hydrogen (secondary N) is 1. The highest BCUT2D eigenvalue weighted by Gasteiger charge is 2.20. The highest BCUT2D eigenvalue weighted by atomic mass is 19.3. The lowest BCUT2D eigenvalue weighted by molar-refractivity contribution is 0.146. The number of pyridine rings is 1. The number of para-hydroxylation sites is 1. The molecule has 5 aromatic rings. The van der Waals surface area contributed by atoms with E-state index < -0.39 is 18.1 Å². The van der Waals surface area contributed by atoms with Crippen LogP contribution in [0.25, 0.3) is 22.4 Å². The number of ether oxygens (including phenoxy) is 1. The summed E-state index contributed by atoms with van der Waals surface area (Å²) in [6.07, 6.45) is 0.0454. The van der Waals surface area contributed by atoms with Gasteiger partial charge in [0.25, 0.3) is 6.43 Å². The minimum Gasteiger partial charge on any atom is -0.494 e. The van der Waals surface area contributed by atoms with Gasteiger partial charge in [-0.3, -0.25) is 9.67 Å². The van der Waals surface area contributed by atoms with E-state index in [0.29, 0.717) is 33.7 Å². The number of hydrogen-bond donors (Lipinski definition) is 2. The third kappa shape index (κ3) is 5.36. The molecule has 0 atom stereocenters. The van der Waals surface area contributed by atoms with Gasteiger partial charge in [0, 0.05) is 53.3 Å². The van der Waals surface area contributed by atoms with Gasteiger partial charge in [-0.25, -0.2) is 27.5 Å². The van der Waals surface area contributed by atoms with E-state index in [-0.39, 0.29) is 42.5 Å². The van der Waals surface area contributed by atoms with Crippen molar-refractivity contribution in [2.45, 2.75) is 26.4 Å². The van der Waals surface area contributed by atoms with E-state index in [4.69, 9.17) is 10.5 Å². The molecule has 39 heavy (non-hydrogen) atoms. The molecule has 3 heterocycles. The van der Waals surface area contributed by atoms with Gasteiger partial charge in [-0.15, -0.1) is 0 Å². The molecule has 0 radical (unpaired) electrons. The van der Waals surface area contributed by atoms with Gasteiger partial charge in [0.2, 0.25) is 0 Å². The van der Waals surface area contributed by atoms with E-state index in [1.54, 1.807) is 31.2 Å². The van der Waals surface area contributed by atoms with Gasteiger partial charge in [-0.1, -0.05) is 18.2 Å². The first-order valence-corrected chi connectivity index (χ1v) is 12.0. The summed E-state index contributed by atoms with van der Waals surface area (Å²) in [6.45, 7) is 1.90. The summed E-state index contributed by atoms with van der Waals surface area (Å²) in [6, 6.07) is 12.2. The van der Waals surface area contributed by atoms with Crippen LogP contribution in [0.3, 0.4) is 0 Å². The van der Waals surface area contributed by atoms with E-state index in [0.717, 1.165) is 12.1 Å². The Morgan fingerprint density at radius 3 is 2.54 bits per heavy atom. The van der Waals surface area contributed by atoms with Crippen molar-refractivity contribution < 1.29 is 22.3 Å². The Morgan fingerprint density at radius 1 is 1.05 bits per heavy atom. The Balaban J connectivity index is 1.55. The Labute approximate surface area is 220 Å². The third-order valence-corrected chi connectivity index (χ3v) is 5.96. The topological polar surface area (TPSA) is 104 Å². The summed E-state index contributed by atoms with van der Waals surface area (Å²) in [5.74, 6) is -0.896. The summed E-state index contributed by atoms with van der Waals surface area (Å²) in [4.78, 5) is 12.6. The van der Waals surface area contributed by atoms with Crippen LogP contribution in [-0.4, -0.2) is 31.3 Å². The highest BCUT2D eigenvalue weighted by molar-refractivity contribution is 5.91. The first kappa shape index (κ1) is 26.0.